The molecular formula is C17H16Cl2O2. The van der Waals surface area contributed by atoms with Gasteiger partial charge in [-0.1, -0.05) is 35.9 Å². The zero-order valence-electron chi connectivity index (χ0n) is 11.5. The van der Waals surface area contributed by atoms with Crippen LogP contribution >= 0.6 is 23.2 Å². The maximum atomic E-state index is 6.15. The van der Waals surface area contributed by atoms with Crippen molar-refractivity contribution in [3.05, 3.63) is 58.6 Å². The fraction of sp³-hybridized carbons (Fsp3) is 0.294. The van der Waals surface area contributed by atoms with Gasteiger partial charge in [-0.25, -0.2) is 0 Å². The summed E-state index contributed by atoms with van der Waals surface area (Å²) in [5.74, 6) is 2.40. The van der Waals surface area contributed by atoms with Crippen LogP contribution < -0.4 is 9.47 Å². The molecule has 2 aromatic rings. The lowest BCUT2D eigenvalue weighted by Crippen LogP contribution is -2.19. The van der Waals surface area contributed by atoms with E-state index >= 15 is 0 Å². The minimum atomic E-state index is 0.331. The lowest BCUT2D eigenvalue weighted by atomic mass is 9.94. The molecule has 0 radical (unpaired) electrons. The van der Waals surface area contributed by atoms with Gasteiger partial charge in [0.25, 0.3) is 0 Å². The molecule has 0 saturated carbocycles. The van der Waals surface area contributed by atoms with Crippen LogP contribution in [0.2, 0.25) is 5.02 Å². The summed E-state index contributed by atoms with van der Waals surface area (Å²) in [5, 5.41) is 0.648. The molecule has 1 unspecified atom stereocenters. The third-order valence-electron chi connectivity index (χ3n) is 3.73. The van der Waals surface area contributed by atoms with Crippen LogP contribution in [-0.2, 0) is 5.88 Å². The van der Waals surface area contributed by atoms with Gasteiger partial charge in [-0.3, -0.25) is 0 Å². The smallest absolute Gasteiger partial charge is 0.125 e. The van der Waals surface area contributed by atoms with Gasteiger partial charge in [0.05, 0.1) is 19.1 Å². The van der Waals surface area contributed by atoms with E-state index in [2.05, 4.69) is 6.07 Å². The van der Waals surface area contributed by atoms with Crippen molar-refractivity contribution in [1.29, 1.82) is 0 Å². The summed E-state index contributed by atoms with van der Waals surface area (Å²) in [6.07, 6.45) is 0.952. The maximum absolute atomic E-state index is 6.15. The van der Waals surface area contributed by atoms with Gasteiger partial charge in [-0.15, -0.1) is 11.6 Å². The first-order valence-corrected chi connectivity index (χ1v) is 7.88. The first-order valence-electron chi connectivity index (χ1n) is 6.97. The van der Waals surface area contributed by atoms with E-state index in [0.717, 1.165) is 30.1 Å². The van der Waals surface area contributed by atoms with Gasteiger partial charge in [0.15, 0.2) is 0 Å². The Bertz CT molecular complexity index is 628. The highest BCUT2D eigenvalue weighted by Gasteiger charge is 2.22. The van der Waals surface area contributed by atoms with Crippen LogP contribution in [0.15, 0.2) is 42.5 Å². The number of fused-ring (bicyclic) bond motifs is 1. The quantitative estimate of drug-likeness (QED) is 0.735. The third kappa shape index (κ3) is 3.12. The molecule has 0 amide bonds. The lowest BCUT2D eigenvalue weighted by molar-refractivity contribution is 0.217. The molecule has 0 N–H and O–H groups in total. The standard InChI is InChI=1S/C17H16Cl2O2/c18-10-14-15(19)5-3-7-17(14)21-11-12-8-9-20-16-6-2-1-4-13(12)16/h1-7,12H,8-11H2. The number of hydrogen-bond acceptors (Lipinski definition) is 2. The number of alkyl halides is 1. The van der Waals surface area contributed by atoms with Gasteiger partial charge in [0.1, 0.15) is 11.5 Å². The molecule has 1 aliphatic rings. The molecule has 110 valence electrons. The molecule has 4 heteroatoms. The molecule has 0 fully saturated rings. The molecule has 0 spiro atoms. The Morgan fingerprint density at radius 2 is 2.00 bits per heavy atom. The molecular weight excluding hydrogens is 307 g/mol. The molecule has 0 bridgehead atoms. The summed E-state index contributed by atoms with van der Waals surface area (Å²) in [7, 11) is 0. The van der Waals surface area contributed by atoms with Crippen molar-refractivity contribution in [2.75, 3.05) is 13.2 Å². The SMILES string of the molecule is ClCc1c(Cl)cccc1OCC1CCOc2ccccc21. The molecule has 21 heavy (non-hydrogen) atoms. The van der Waals surface area contributed by atoms with Gasteiger partial charge in [-0.05, 0) is 24.6 Å². The van der Waals surface area contributed by atoms with Crippen LogP contribution in [0.1, 0.15) is 23.5 Å². The summed E-state index contributed by atoms with van der Waals surface area (Å²) in [5.41, 5.74) is 2.05. The molecule has 3 rings (SSSR count). The van der Waals surface area contributed by atoms with Gasteiger partial charge >= 0.3 is 0 Å². The summed E-state index contributed by atoms with van der Waals surface area (Å²) < 4.78 is 11.7. The molecule has 1 aliphatic heterocycles. The van der Waals surface area contributed by atoms with Crippen molar-refractivity contribution >= 4 is 23.2 Å². The molecule has 0 saturated heterocycles. The van der Waals surface area contributed by atoms with Gasteiger partial charge < -0.3 is 9.47 Å². The Kier molecular flexibility index (Phi) is 4.57. The minimum Gasteiger partial charge on any atom is -0.493 e. The third-order valence-corrected chi connectivity index (χ3v) is 4.35. The highest BCUT2D eigenvalue weighted by molar-refractivity contribution is 6.32. The fourth-order valence-corrected chi connectivity index (χ4v) is 3.16. The predicted octanol–water partition coefficient (Wildman–Crippen LogP) is 5.02. The number of benzene rings is 2. The highest BCUT2D eigenvalue weighted by atomic mass is 35.5. The predicted molar refractivity (Wildman–Crippen MR) is 85.8 cm³/mol. The van der Waals surface area contributed by atoms with E-state index in [1.54, 1.807) is 0 Å². The minimum absolute atomic E-state index is 0.331. The number of ether oxygens (including phenoxy) is 2. The van der Waals surface area contributed by atoms with Crippen LogP contribution in [0, 0.1) is 0 Å². The largest absolute Gasteiger partial charge is 0.493 e. The molecule has 2 nitrogen and oxygen atoms in total. The van der Waals surface area contributed by atoms with Crippen molar-refractivity contribution in [2.45, 2.75) is 18.2 Å². The van der Waals surface area contributed by atoms with Crippen LogP contribution in [0.25, 0.3) is 0 Å². The summed E-state index contributed by atoms with van der Waals surface area (Å²) >= 11 is 12.1. The Hall–Kier alpha value is -1.38. The average Bonchev–Trinajstić information content (AvgIpc) is 2.53. The first kappa shape index (κ1) is 14.6. The van der Waals surface area contributed by atoms with E-state index in [1.165, 1.54) is 5.56 Å². The second-order valence-corrected chi connectivity index (χ2v) is 5.71. The number of rotatable bonds is 4. The van der Waals surface area contributed by atoms with Crippen LogP contribution in [0.3, 0.4) is 0 Å². The molecule has 0 aliphatic carbocycles. The van der Waals surface area contributed by atoms with Crippen LogP contribution in [0.4, 0.5) is 0 Å². The average molecular weight is 323 g/mol. The zero-order valence-corrected chi connectivity index (χ0v) is 13.0. The van der Waals surface area contributed by atoms with Gasteiger partial charge in [0, 0.05) is 22.1 Å². The maximum Gasteiger partial charge on any atom is 0.125 e. The number of halogens is 2. The Morgan fingerprint density at radius 3 is 2.86 bits per heavy atom. The van der Waals surface area contributed by atoms with E-state index < -0.39 is 0 Å². The van der Waals surface area contributed by atoms with Crippen molar-refractivity contribution in [2.24, 2.45) is 0 Å². The summed E-state index contributed by atoms with van der Waals surface area (Å²) in [4.78, 5) is 0. The van der Waals surface area contributed by atoms with Gasteiger partial charge in [-0.2, -0.15) is 0 Å². The van der Waals surface area contributed by atoms with Crippen LogP contribution in [0.5, 0.6) is 11.5 Å². The monoisotopic (exact) mass is 322 g/mol. The number of para-hydroxylation sites is 1. The van der Waals surface area contributed by atoms with Crippen LogP contribution in [-0.4, -0.2) is 13.2 Å². The molecule has 1 heterocycles. The topological polar surface area (TPSA) is 18.5 Å². The highest BCUT2D eigenvalue weighted by Crippen LogP contribution is 2.35. The van der Waals surface area contributed by atoms with E-state index in [1.807, 2.05) is 36.4 Å². The summed E-state index contributed by atoms with van der Waals surface area (Å²) in [6.45, 7) is 1.33. The second-order valence-electron chi connectivity index (χ2n) is 5.03. The summed E-state index contributed by atoms with van der Waals surface area (Å²) in [6, 6.07) is 13.7. The first-order chi connectivity index (χ1) is 10.3. The van der Waals surface area contributed by atoms with Crippen molar-refractivity contribution < 1.29 is 9.47 Å². The van der Waals surface area contributed by atoms with E-state index in [-0.39, 0.29) is 0 Å². The van der Waals surface area contributed by atoms with E-state index in [0.29, 0.717) is 23.4 Å². The number of hydrogen-bond donors (Lipinski definition) is 0. The van der Waals surface area contributed by atoms with E-state index in [4.69, 9.17) is 32.7 Å². The zero-order chi connectivity index (χ0) is 14.7. The van der Waals surface area contributed by atoms with E-state index in [9.17, 15) is 0 Å². The van der Waals surface area contributed by atoms with Crippen molar-refractivity contribution in [1.82, 2.24) is 0 Å². The van der Waals surface area contributed by atoms with Crippen molar-refractivity contribution in [3.8, 4) is 11.5 Å². The molecule has 1 atom stereocenters. The lowest BCUT2D eigenvalue weighted by Gasteiger charge is -2.26. The van der Waals surface area contributed by atoms with Crippen molar-refractivity contribution in [3.63, 3.8) is 0 Å². The van der Waals surface area contributed by atoms with Gasteiger partial charge in [0.2, 0.25) is 0 Å². The Labute approximate surface area is 134 Å². The normalized spacial score (nSPS) is 17.0. The Morgan fingerprint density at radius 1 is 1.14 bits per heavy atom. The fourth-order valence-electron chi connectivity index (χ4n) is 2.58. The molecule has 0 aromatic heterocycles. The molecule has 2 aromatic carbocycles. The second kappa shape index (κ2) is 6.59. The Balaban J connectivity index is 1.76.